The largest absolute Gasteiger partial charge is 0.457 e. The van der Waals surface area contributed by atoms with E-state index in [9.17, 15) is 4.79 Å². The van der Waals surface area contributed by atoms with Crippen LogP contribution in [-0.4, -0.2) is 5.78 Å². The van der Waals surface area contributed by atoms with Crippen molar-refractivity contribution in [2.75, 3.05) is 0 Å². The zero-order chi connectivity index (χ0) is 22.8. The van der Waals surface area contributed by atoms with E-state index in [1.165, 1.54) is 44.9 Å². The highest BCUT2D eigenvalue weighted by Gasteiger charge is 2.60. The zero-order valence-electron chi connectivity index (χ0n) is 19.9. The second-order valence-corrected chi connectivity index (χ2v) is 12.2. The Labute approximate surface area is 202 Å². The zero-order valence-corrected chi connectivity index (χ0v) is 20.7. The van der Waals surface area contributed by atoms with Gasteiger partial charge in [0.15, 0.2) is 5.78 Å². The molecule has 0 unspecified atom stereocenters. The van der Waals surface area contributed by atoms with Crippen LogP contribution in [0.25, 0.3) is 17.4 Å². The minimum absolute atomic E-state index is 0.187. The first-order valence-electron chi connectivity index (χ1n) is 13.0. The second-order valence-electron chi connectivity index (χ2n) is 11.8. The number of allylic oxidation sites excluding steroid dienone is 1. The van der Waals surface area contributed by atoms with Gasteiger partial charge in [0.2, 0.25) is 0 Å². The van der Waals surface area contributed by atoms with Crippen LogP contribution in [0.2, 0.25) is 5.02 Å². The summed E-state index contributed by atoms with van der Waals surface area (Å²) in [5.74, 6) is 4.87. The molecule has 6 rings (SSSR count). The molecule has 1 heterocycles. The maximum atomic E-state index is 13.7. The molecule has 0 amide bonds. The summed E-state index contributed by atoms with van der Waals surface area (Å²) in [5, 5.41) is 0.697. The minimum Gasteiger partial charge on any atom is -0.457 e. The van der Waals surface area contributed by atoms with Crippen LogP contribution in [0.4, 0.5) is 0 Å². The maximum Gasteiger partial charge on any atom is 0.165 e. The predicted octanol–water partition coefficient (Wildman–Crippen LogP) is 8.60. The predicted molar refractivity (Wildman–Crippen MR) is 134 cm³/mol. The Hall–Kier alpha value is -1.80. The Kier molecular flexibility index (Phi) is 5.18. The Morgan fingerprint density at radius 2 is 1.88 bits per heavy atom. The van der Waals surface area contributed by atoms with Crippen LogP contribution in [0.1, 0.15) is 77.4 Å². The molecular weight excluding hydrogens is 428 g/mol. The van der Waals surface area contributed by atoms with Gasteiger partial charge in [-0.1, -0.05) is 50.4 Å². The number of benzene rings is 1. The van der Waals surface area contributed by atoms with Crippen molar-refractivity contribution in [3.05, 3.63) is 52.8 Å². The third kappa shape index (κ3) is 3.39. The average Bonchev–Trinajstić information content (AvgIpc) is 3.37. The van der Waals surface area contributed by atoms with Gasteiger partial charge in [0, 0.05) is 16.0 Å². The Balaban J connectivity index is 1.28. The summed E-state index contributed by atoms with van der Waals surface area (Å²) in [6.07, 6.45) is 13.6. The van der Waals surface area contributed by atoms with E-state index >= 15 is 0 Å². The lowest BCUT2D eigenvalue weighted by Crippen LogP contribution is -2.52. The van der Waals surface area contributed by atoms with Crippen molar-refractivity contribution in [3.63, 3.8) is 0 Å². The first-order valence-corrected chi connectivity index (χ1v) is 13.4. The van der Waals surface area contributed by atoms with Gasteiger partial charge in [-0.2, -0.15) is 0 Å². The van der Waals surface area contributed by atoms with Crippen LogP contribution in [0, 0.1) is 34.5 Å². The van der Waals surface area contributed by atoms with Crippen molar-refractivity contribution in [2.24, 2.45) is 34.5 Å². The van der Waals surface area contributed by atoms with Crippen LogP contribution in [-0.2, 0) is 4.79 Å². The highest BCUT2D eigenvalue weighted by molar-refractivity contribution is 6.30. The van der Waals surface area contributed by atoms with Gasteiger partial charge in [0.1, 0.15) is 11.5 Å². The quantitative estimate of drug-likeness (QED) is 0.418. The topological polar surface area (TPSA) is 30.2 Å². The summed E-state index contributed by atoms with van der Waals surface area (Å²) in [6, 6.07) is 11.7. The molecule has 0 aliphatic heterocycles. The van der Waals surface area contributed by atoms with E-state index in [0.717, 1.165) is 47.3 Å². The number of ketones is 1. The molecule has 2 aromatic rings. The minimum atomic E-state index is -0.187. The Morgan fingerprint density at radius 1 is 1.00 bits per heavy atom. The van der Waals surface area contributed by atoms with E-state index in [-0.39, 0.29) is 5.41 Å². The Morgan fingerprint density at radius 3 is 2.73 bits per heavy atom. The lowest BCUT2D eigenvalue weighted by atomic mass is 9.45. The molecule has 4 aliphatic rings. The standard InChI is InChI=1S/C30H35ClO2/c1-29-14-4-3-7-21(29)9-11-24-25(29)13-15-30(2)26(24)18-20(28(30)32)17-23-10-12-27(33-23)19-6-5-8-22(31)16-19/h5-6,8,10,12,16-17,21,24-26H,3-4,7,9,11,13-15,18H2,1-2H3/b20-17-/t21-,24-,25+,26+,29+,30+/m1/s1. The maximum absolute atomic E-state index is 13.7. The third-order valence-corrected chi connectivity index (χ3v) is 10.5. The van der Waals surface area contributed by atoms with E-state index < -0.39 is 0 Å². The van der Waals surface area contributed by atoms with Gasteiger partial charge in [-0.25, -0.2) is 0 Å². The number of hydrogen-bond acceptors (Lipinski definition) is 2. The number of hydrogen-bond donors (Lipinski definition) is 0. The number of furan rings is 1. The summed E-state index contributed by atoms with van der Waals surface area (Å²) in [4.78, 5) is 13.7. The highest BCUT2D eigenvalue weighted by Crippen LogP contribution is 2.66. The van der Waals surface area contributed by atoms with Crippen molar-refractivity contribution in [3.8, 4) is 11.3 Å². The van der Waals surface area contributed by atoms with Gasteiger partial charge in [-0.15, -0.1) is 0 Å². The Bertz CT molecular complexity index is 1110. The van der Waals surface area contributed by atoms with Crippen molar-refractivity contribution in [1.29, 1.82) is 0 Å². The van der Waals surface area contributed by atoms with Crippen LogP contribution >= 0.6 is 11.6 Å². The van der Waals surface area contributed by atoms with Gasteiger partial charge in [-0.3, -0.25) is 4.79 Å². The fraction of sp³-hybridized carbons (Fsp3) is 0.567. The first-order chi connectivity index (χ1) is 15.9. The van der Waals surface area contributed by atoms with E-state index in [4.69, 9.17) is 16.0 Å². The summed E-state index contributed by atoms with van der Waals surface area (Å²) in [5.41, 5.74) is 2.26. The fourth-order valence-electron chi connectivity index (χ4n) is 8.49. The number of Topliss-reactive ketones (excluding diaryl/α,β-unsaturated/α-hetero) is 1. The molecule has 33 heavy (non-hydrogen) atoms. The molecule has 1 aromatic heterocycles. The highest BCUT2D eigenvalue weighted by atomic mass is 35.5. The SMILES string of the molecule is C[C@]12CCCC[C@@H]1CC[C@@H]1[C@@H]2CC[C@]2(C)C(=O)/C(=C\c3ccc(-c4cccc(Cl)c4)o3)C[C@@H]12. The number of halogens is 1. The van der Waals surface area contributed by atoms with E-state index in [1.807, 2.05) is 42.5 Å². The molecule has 6 atom stereocenters. The molecule has 0 N–H and O–H groups in total. The van der Waals surface area contributed by atoms with Crippen LogP contribution in [0.3, 0.4) is 0 Å². The lowest BCUT2D eigenvalue weighted by Gasteiger charge is -2.59. The van der Waals surface area contributed by atoms with Crippen molar-refractivity contribution in [2.45, 2.75) is 71.6 Å². The van der Waals surface area contributed by atoms with E-state index in [0.29, 0.717) is 28.1 Å². The molecule has 4 fully saturated rings. The van der Waals surface area contributed by atoms with Crippen molar-refractivity contribution < 1.29 is 9.21 Å². The van der Waals surface area contributed by atoms with Crippen molar-refractivity contribution >= 4 is 23.5 Å². The molecule has 2 nitrogen and oxygen atoms in total. The van der Waals surface area contributed by atoms with Crippen molar-refractivity contribution in [1.82, 2.24) is 0 Å². The molecule has 174 valence electrons. The van der Waals surface area contributed by atoms with Gasteiger partial charge in [0.05, 0.1) is 0 Å². The molecule has 0 saturated heterocycles. The average molecular weight is 463 g/mol. The smallest absolute Gasteiger partial charge is 0.165 e. The monoisotopic (exact) mass is 462 g/mol. The molecule has 4 aliphatic carbocycles. The van der Waals surface area contributed by atoms with Gasteiger partial charge in [-0.05, 0) is 110 Å². The lowest BCUT2D eigenvalue weighted by molar-refractivity contribution is -0.137. The van der Waals surface area contributed by atoms with E-state index in [2.05, 4.69) is 13.8 Å². The molecule has 1 aromatic carbocycles. The number of rotatable bonds is 2. The molecular formula is C30H35ClO2. The van der Waals surface area contributed by atoms with Gasteiger partial charge < -0.3 is 4.42 Å². The fourth-order valence-corrected chi connectivity index (χ4v) is 8.68. The van der Waals surface area contributed by atoms with Crippen LogP contribution in [0.5, 0.6) is 0 Å². The summed E-state index contributed by atoms with van der Waals surface area (Å²) in [6.45, 7) is 4.87. The van der Waals surface area contributed by atoms with Gasteiger partial charge >= 0.3 is 0 Å². The second kappa shape index (κ2) is 7.87. The van der Waals surface area contributed by atoms with E-state index in [1.54, 1.807) is 0 Å². The summed E-state index contributed by atoms with van der Waals surface area (Å²) < 4.78 is 6.13. The first kappa shape index (κ1) is 21.7. The number of carbonyl (C=O) groups is 1. The molecule has 0 radical (unpaired) electrons. The number of carbonyl (C=O) groups excluding carboxylic acids is 1. The number of fused-ring (bicyclic) bond motifs is 5. The molecule has 0 spiro atoms. The summed E-state index contributed by atoms with van der Waals surface area (Å²) >= 11 is 6.15. The normalized spacial score (nSPS) is 39.2. The summed E-state index contributed by atoms with van der Waals surface area (Å²) in [7, 11) is 0. The third-order valence-electron chi connectivity index (χ3n) is 10.3. The van der Waals surface area contributed by atoms with Gasteiger partial charge in [0.25, 0.3) is 0 Å². The van der Waals surface area contributed by atoms with Crippen LogP contribution in [0.15, 0.2) is 46.4 Å². The molecule has 4 saturated carbocycles. The molecule has 3 heteroatoms. The molecule has 0 bridgehead atoms. The van der Waals surface area contributed by atoms with Crippen LogP contribution < -0.4 is 0 Å².